The second-order valence-electron chi connectivity index (χ2n) is 5.10. The molecule has 0 radical (unpaired) electrons. The van der Waals surface area contributed by atoms with Crippen molar-refractivity contribution < 1.29 is 4.79 Å². The third-order valence-corrected chi connectivity index (χ3v) is 4.30. The van der Waals surface area contributed by atoms with Gasteiger partial charge in [-0.15, -0.1) is 11.6 Å². The number of carbonyl (C=O) groups excluding carboxylic acids is 1. The molecule has 0 bridgehead atoms. The van der Waals surface area contributed by atoms with E-state index in [0.717, 1.165) is 37.1 Å². The average Bonchev–Trinajstić information content (AvgIpc) is 2.66. The number of benzene rings is 1. The van der Waals surface area contributed by atoms with Crippen molar-refractivity contribution >= 4 is 29.1 Å². The number of rotatable bonds is 2. The molecule has 0 aliphatic carbocycles. The number of likely N-dealkylation sites (tertiary alicyclic amines) is 1. The number of hydrogen-bond acceptors (Lipinski definition) is 1. The van der Waals surface area contributed by atoms with Crippen LogP contribution in [0.5, 0.6) is 0 Å². The van der Waals surface area contributed by atoms with Crippen LogP contribution in [0.1, 0.15) is 42.2 Å². The van der Waals surface area contributed by atoms with Crippen molar-refractivity contribution in [1.82, 2.24) is 4.90 Å². The fraction of sp³-hybridized carbons (Fsp3) is 0.533. The van der Waals surface area contributed by atoms with Crippen molar-refractivity contribution in [3.63, 3.8) is 0 Å². The molecule has 1 amide bonds. The van der Waals surface area contributed by atoms with Crippen LogP contribution in [0.2, 0.25) is 5.02 Å². The molecular weight excluding hydrogens is 281 g/mol. The maximum absolute atomic E-state index is 12.4. The van der Waals surface area contributed by atoms with Crippen molar-refractivity contribution in [2.45, 2.75) is 38.0 Å². The van der Waals surface area contributed by atoms with E-state index in [0.29, 0.717) is 5.02 Å². The van der Waals surface area contributed by atoms with E-state index in [1.165, 1.54) is 12.8 Å². The van der Waals surface area contributed by atoms with Gasteiger partial charge in [0.1, 0.15) is 5.38 Å². The van der Waals surface area contributed by atoms with Crippen LogP contribution in [0.4, 0.5) is 0 Å². The second-order valence-corrected chi connectivity index (χ2v) is 5.98. The fourth-order valence-corrected chi connectivity index (χ4v) is 3.12. The monoisotopic (exact) mass is 299 g/mol. The lowest BCUT2D eigenvalue weighted by atomic mass is 10.0. The Balaban J connectivity index is 2.13. The Morgan fingerprint density at radius 2 is 1.84 bits per heavy atom. The molecule has 1 aromatic carbocycles. The molecule has 19 heavy (non-hydrogen) atoms. The summed E-state index contributed by atoms with van der Waals surface area (Å²) >= 11 is 12.3. The number of hydrogen-bond donors (Lipinski definition) is 0. The highest BCUT2D eigenvalue weighted by Crippen LogP contribution is 2.28. The molecule has 0 spiro atoms. The summed E-state index contributed by atoms with van der Waals surface area (Å²) in [6.07, 6.45) is 4.57. The summed E-state index contributed by atoms with van der Waals surface area (Å²) in [4.78, 5) is 14.4. The van der Waals surface area contributed by atoms with E-state index in [1.807, 2.05) is 24.0 Å². The van der Waals surface area contributed by atoms with Crippen LogP contribution >= 0.6 is 23.2 Å². The zero-order valence-electron chi connectivity index (χ0n) is 11.2. The van der Waals surface area contributed by atoms with Gasteiger partial charge in [0.25, 0.3) is 0 Å². The fourth-order valence-electron chi connectivity index (χ4n) is 2.51. The van der Waals surface area contributed by atoms with Gasteiger partial charge in [0, 0.05) is 18.1 Å². The first kappa shape index (κ1) is 14.7. The predicted octanol–water partition coefficient (Wildman–Crippen LogP) is 4.33. The van der Waals surface area contributed by atoms with E-state index in [4.69, 9.17) is 23.2 Å². The molecule has 1 fully saturated rings. The van der Waals surface area contributed by atoms with Gasteiger partial charge >= 0.3 is 0 Å². The van der Waals surface area contributed by atoms with E-state index < -0.39 is 5.38 Å². The Hall–Kier alpha value is -0.730. The number of halogens is 2. The van der Waals surface area contributed by atoms with E-state index in [-0.39, 0.29) is 5.91 Å². The molecule has 104 valence electrons. The summed E-state index contributed by atoms with van der Waals surface area (Å²) in [5, 5.41) is 0.0719. The van der Waals surface area contributed by atoms with Crippen molar-refractivity contribution in [2.24, 2.45) is 0 Å². The van der Waals surface area contributed by atoms with Gasteiger partial charge in [-0.05, 0) is 43.0 Å². The Morgan fingerprint density at radius 3 is 2.42 bits per heavy atom. The van der Waals surface area contributed by atoms with Gasteiger partial charge in [0.05, 0.1) is 0 Å². The van der Waals surface area contributed by atoms with Gasteiger partial charge in [0.15, 0.2) is 0 Å². The predicted molar refractivity (Wildman–Crippen MR) is 79.8 cm³/mol. The minimum Gasteiger partial charge on any atom is -0.341 e. The minimum absolute atomic E-state index is 0.0222. The lowest BCUT2D eigenvalue weighted by Gasteiger charge is -2.24. The van der Waals surface area contributed by atoms with Crippen LogP contribution in [0.25, 0.3) is 0 Å². The zero-order valence-corrected chi connectivity index (χ0v) is 12.7. The molecule has 1 saturated heterocycles. The standard InChI is InChI=1S/C15H19Cl2NO/c1-11-10-12(16)6-7-13(11)14(17)15(19)18-8-4-2-3-5-9-18/h6-7,10,14H,2-5,8-9H2,1H3. The lowest BCUT2D eigenvalue weighted by molar-refractivity contribution is -0.130. The van der Waals surface area contributed by atoms with Crippen LogP contribution in [-0.4, -0.2) is 23.9 Å². The molecule has 1 aromatic rings. The van der Waals surface area contributed by atoms with Crippen molar-refractivity contribution in [3.05, 3.63) is 34.3 Å². The number of carbonyl (C=O) groups is 1. The molecule has 0 aromatic heterocycles. The van der Waals surface area contributed by atoms with Crippen molar-refractivity contribution in [3.8, 4) is 0 Å². The smallest absolute Gasteiger partial charge is 0.245 e. The van der Waals surface area contributed by atoms with Crippen LogP contribution in [-0.2, 0) is 4.79 Å². The summed E-state index contributed by atoms with van der Waals surface area (Å²) < 4.78 is 0. The Morgan fingerprint density at radius 1 is 1.21 bits per heavy atom. The first-order valence-electron chi connectivity index (χ1n) is 6.78. The molecule has 1 aliphatic rings. The lowest BCUT2D eigenvalue weighted by Crippen LogP contribution is -2.34. The highest BCUT2D eigenvalue weighted by molar-refractivity contribution is 6.32. The van der Waals surface area contributed by atoms with Gasteiger partial charge < -0.3 is 4.90 Å². The van der Waals surface area contributed by atoms with E-state index >= 15 is 0 Å². The molecule has 0 saturated carbocycles. The van der Waals surface area contributed by atoms with Gasteiger partial charge in [-0.2, -0.15) is 0 Å². The normalized spacial score (nSPS) is 17.9. The Bertz CT molecular complexity index is 453. The van der Waals surface area contributed by atoms with Gasteiger partial charge in [-0.3, -0.25) is 4.79 Å². The maximum Gasteiger partial charge on any atom is 0.245 e. The molecule has 1 unspecified atom stereocenters. The third kappa shape index (κ3) is 3.64. The quantitative estimate of drug-likeness (QED) is 0.744. The van der Waals surface area contributed by atoms with Crippen molar-refractivity contribution in [1.29, 1.82) is 0 Å². The van der Waals surface area contributed by atoms with Gasteiger partial charge in [0.2, 0.25) is 5.91 Å². The maximum atomic E-state index is 12.4. The van der Waals surface area contributed by atoms with E-state index in [2.05, 4.69) is 0 Å². The molecule has 0 N–H and O–H groups in total. The first-order chi connectivity index (χ1) is 9.09. The summed E-state index contributed by atoms with van der Waals surface area (Å²) in [5.74, 6) is 0.0222. The molecule has 2 rings (SSSR count). The highest BCUT2D eigenvalue weighted by atomic mass is 35.5. The number of amides is 1. The summed E-state index contributed by atoms with van der Waals surface area (Å²) in [6.45, 7) is 3.59. The van der Waals surface area contributed by atoms with E-state index in [9.17, 15) is 4.79 Å². The van der Waals surface area contributed by atoms with E-state index in [1.54, 1.807) is 6.07 Å². The summed E-state index contributed by atoms with van der Waals surface area (Å²) in [7, 11) is 0. The van der Waals surface area contributed by atoms with Gasteiger partial charge in [-0.25, -0.2) is 0 Å². The average molecular weight is 300 g/mol. The van der Waals surface area contributed by atoms with Crippen LogP contribution < -0.4 is 0 Å². The van der Waals surface area contributed by atoms with Crippen molar-refractivity contribution in [2.75, 3.05) is 13.1 Å². The number of nitrogens with zero attached hydrogens (tertiary/aromatic N) is 1. The zero-order chi connectivity index (χ0) is 13.8. The highest BCUT2D eigenvalue weighted by Gasteiger charge is 2.25. The molecule has 4 heteroatoms. The first-order valence-corrected chi connectivity index (χ1v) is 7.60. The third-order valence-electron chi connectivity index (χ3n) is 3.64. The van der Waals surface area contributed by atoms with Crippen LogP contribution in [0, 0.1) is 6.92 Å². The molecule has 2 nitrogen and oxygen atoms in total. The summed E-state index contributed by atoms with van der Waals surface area (Å²) in [5.41, 5.74) is 1.83. The topological polar surface area (TPSA) is 20.3 Å². The van der Waals surface area contributed by atoms with Crippen LogP contribution in [0.15, 0.2) is 18.2 Å². The Labute approximate surface area is 124 Å². The largest absolute Gasteiger partial charge is 0.341 e. The summed E-state index contributed by atoms with van der Waals surface area (Å²) in [6, 6.07) is 5.49. The minimum atomic E-state index is -0.602. The molecule has 1 heterocycles. The molecular formula is C15H19Cl2NO. The second kappa shape index (κ2) is 6.62. The number of aryl methyl sites for hydroxylation is 1. The SMILES string of the molecule is Cc1cc(Cl)ccc1C(Cl)C(=O)N1CCCCCC1. The molecule has 1 atom stereocenters. The van der Waals surface area contributed by atoms with Crippen LogP contribution in [0.3, 0.4) is 0 Å². The van der Waals surface area contributed by atoms with Gasteiger partial charge in [-0.1, -0.05) is 30.5 Å². The molecule has 1 aliphatic heterocycles. The Kier molecular flexibility index (Phi) is 5.12. The number of alkyl halides is 1.